The fourth-order valence-electron chi connectivity index (χ4n) is 3.83. The number of ether oxygens (including phenoxy) is 1. The van der Waals surface area contributed by atoms with Crippen LogP contribution in [-0.4, -0.2) is 11.8 Å². The number of carbonyl (C=O) groups is 2. The van der Waals surface area contributed by atoms with Crippen molar-refractivity contribution in [1.82, 2.24) is 0 Å². The molecule has 3 aromatic rings. The van der Waals surface area contributed by atoms with Crippen molar-refractivity contribution in [2.75, 3.05) is 5.32 Å². The van der Waals surface area contributed by atoms with Crippen LogP contribution < -0.4 is 10.1 Å². The number of thioether (sulfide) groups is 1. The Morgan fingerprint density at radius 3 is 2.43 bits per heavy atom. The van der Waals surface area contributed by atoms with Crippen LogP contribution in [-0.2, 0) is 4.79 Å². The summed E-state index contributed by atoms with van der Waals surface area (Å²) in [7, 11) is 0. The molecule has 0 bridgehead atoms. The van der Waals surface area contributed by atoms with Gasteiger partial charge in [-0.15, -0.1) is 11.8 Å². The zero-order valence-corrected chi connectivity index (χ0v) is 17.2. The number of fused-ring (bicyclic) bond motifs is 3. The Labute approximate surface area is 179 Å². The van der Waals surface area contributed by atoms with E-state index in [4.69, 9.17) is 4.74 Å². The smallest absolute Gasteiger partial charge is 0.310 e. The SMILES string of the molecule is CCC(=O)Oc1ccc([C@H]2Sc3ccccc3NC3=C2C(=O)c2ccccc23)cc1. The third kappa shape index (κ3) is 3.12. The van der Waals surface area contributed by atoms with Crippen LogP contribution in [0, 0.1) is 0 Å². The minimum Gasteiger partial charge on any atom is -0.427 e. The third-order valence-electron chi connectivity index (χ3n) is 5.31. The van der Waals surface area contributed by atoms with Crippen LogP contribution in [0.3, 0.4) is 0 Å². The van der Waals surface area contributed by atoms with Gasteiger partial charge in [0, 0.05) is 28.0 Å². The molecule has 30 heavy (non-hydrogen) atoms. The molecule has 148 valence electrons. The maximum atomic E-state index is 13.4. The molecule has 1 heterocycles. The van der Waals surface area contributed by atoms with Gasteiger partial charge in [-0.25, -0.2) is 0 Å². The van der Waals surface area contributed by atoms with E-state index >= 15 is 0 Å². The molecule has 1 N–H and O–H groups in total. The maximum Gasteiger partial charge on any atom is 0.310 e. The fraction of sp³-hybridized carbons (Fsp3) is 0.120. The third-order valence-corrected chi connectivity index (χ3v) is 6.67. The van der Waals surface area contributed by atoms with Gasteiger partial charge in [0.1, 0.15) is 5.75 Å². The lowest BCUT2D eigenvalue weighted by atomic mass is 10.0. The Balaban J connectivity index is 1.61. The summed E-state index contributed by atoms with van der Waals surface area (Å²) in [6.45, 7) is 1.76. The lowest BCUT2D eigenvalue weighted by molar-refractivity contribution is -0.134. The molecule has 1 atom stereocenters. The molecule has 0 aromatic heterocycles. The first-order valence-corrected chi connectivity index (χ1v) is 10.8. The van der Waals surface area contributed by atoms with E-state index in [1.54, 1.807) is 30.8 Å². The molecule has 0 fully saturated rings. The van der Waals surface area contributed by atoms with E-state index in [2.05, 4.69) is 11.4 Å². The van der Waals surface area contributed by atoms with Crippen LogP contribution in [0.4, 0.5) is 5.69 Å². The van der Waals surface area contributed by atoms with Crippen LogP contribution >= 0.6 is 11.8 Å². The molecule has 1 aliphatic heterocycles. The van der Waals surface area contributed by atoms with Crippen LogP contribution in [0.25, 0.3) is 5.70 Å². The molecule has 0 spiro atoms. The summed E-state index contributed by atoms with van der Waals surface area (Å²) in [5.41, 5.74) is 5.29. The number of para-hydroxylation sites is 1. The highest BCUT2D eigenvalue weighted by atomic mass is 32.2. The topological polar surface area (TPSA) is 55.4 Å². The maximum absolute atomic E-state index is 13.4. The van der Waals surface area contributed by atoms with Gasteiger partial charge >= 0.3 is 5.97 Å². The van der Waals surface area contributed by atoms with Gasteiger partial charge in [-0.3, -0.25) is 9.59 Å². The molecule has 5 rings (SSSR count). The number of anilines is 1. The molecule has 0 amide bonds. The number of carbonyl (C=O) groups excluding carboxylic acids is 2. The van der Waals surface area contributed by atoms with E-state index in [-0.39, 0.29) is 17.0 Å². The van der Waals surface area contributed by atoms with Crippen LogP contribution in [0.5, 0.6) is 5.75 Å². The Hall–Kier alpha value is -3.31. The molecule has 0 saturated heterocycles. The molecule has 0 unspecified atom stereocenters. The number of hydrogen-bond donors (Lipinski definition) is 1. The lowest BCUT2D eigenvalue weighted by Gasteiger charge is -2.17. The first kappa shape index (κ1) is 18.7. The van der Waals surface area contributed by atoms with E-state index in [1.165, 1.54) is 0 Å². The van der Waals surface area contributed by atoms with Crippen molar-refractivity contribution in [1.29, 1.82) is 0 Å². The molecule has 0 radical (unpaired) electrons. The minimum atomic E-state index is -0.267. The molecule has 3 aromatic carbocycles. The molecular weight excluding hydrogens is 394 g/mol. The van der Waals surface area contributed by atoms with Crippen molar-refractivity contribution < 1.29 is 14.3 Å². The summed E-state index contributed by atoms with van der Waals surface area (Å²) in [6, 6.07) is 23.3. The summed E-state index contributed by atoms with van der Waals surface area (Å²) in [4.78, 5) is 26.1. The summed E-state index contributed by atoms with van der Waals surface area (Å²) in [6.07, 6.45) is 0.325. The van der Waals surface area contributed by atoms with Gasteiger partial charge in [0.25, 0.3) is 0 Å². The van der Waals surface area contributed by atoms with Crippen molar-refractivity contribution >= 4 is 34.9 Å². The van der Waals surface area contributed by atoms with E-state index in [0.717, 1.165) is 38.5 Å². The fourth-order valence-corrected chi connectivity index (χ4v) is 5.12. The lowest BCUT2D eigenvalue weighted by Crippen LogP contribution is -2.08. The van der Waals surface area contributed by atoms with Gasteiger partial charge < -0.3 is 10.1 Å². The number of benzene rings is 3. The highest BCUT2D eigenvalue weighted by molar-refractivity contribution is 8.00. The Bertz CT molecular complexity index is 1200. The summed E-state index contributed by atoms with van der Waals surface area (Å²) >= 11 is 1.66. The largest absolute Gasteiger partial charge is 0.427 e. The van der Waals surface area contributed by atoms with Gasteiger partial charge in [-0.2, -0.15) is 0 Å². The highest BCUT2D eigenvalue weighted by Gasteiger charge is 2.38. The first-order chi connectivity index (χ1) is 14.7. The zero-order valence-electron chi connectivity index (χ0n) is 16.3. The monoisotopic (exact) mass is 413 g/mol. The van der Waals surface area contributed by atoms with Crippen molar-refractivity contribution in [3.63, 3.8) is 0 Å². The van der Waals surface area contributed by atoms with Gasteiger partial charge in [-0.1, -0.05) is 55.5 Å². The number of ketones is 1. The quantitative estimate of drug-likeness (QED) is 0.430. The number of hydrogen-bond acceptors (Lipinski definition) is 5. The highest BCUT2D eigenvalue weighted by Crippen LogP contribution is 2.52. The van der Waals surface area contributed by atoms with Crippen molar-refractivity contribution in [3.8, 4) is 5.75 Å². The van der Waals surface area contributed by atoms with Crippen LogP contribution in [0.2, 0.25) is 0 Å². The Morgan fingerprint density at radius 1 is 0.967 bits per heavy atom. The molecule has 5 heteroatoms. The summed E-state index contributed by atoms with van der Waals surface area (Å²) in [5, 5.41) is 3.35. The van der Waals surface area contributed by atoms with Crippen molar-refractivity contribution in [3.05, 3.63) is 95.1 Å². The summed E-state index contributed by atoms with van der Waals surface area (Å²) in [5.74, 6) is 0.300. The second-order valence-electron chi connectivity index (χ2n) is 7.18. The van der Waals surface area contributed by atoms with Crippen LogP contribution in [0.1, 0.15) is 40.1 Å². The summed E-state index contributed by atoms with van der Waals surface area (Å²) < 4.78 is 5.31. The normalized spacial score (nSPS) is 16.8. The second-order valence-corrected chi connectivity index (χ2v) is 8.33. The van der Waals surface area contributed by atoms with Crippen molar-refractivity contribution in [2.24, 2.45) is 0 Å². The van der Waals surface area contributed by atoms with Gasteiger partial charge in [-0.05, 0) is 29.8 Å². The van der Waals surface area contributed by atoms with Gasteiger partial charge in [0.2, 0.25) is 0 Å². The Kier molecular flexibility index (Phi) is 4.68. The van der Waals surface area contributed by atoms with E-state index < -0.39 is 0 Å². The average Bonchev–Trinajstić information content (AvgIpc) is 2.94. The first-order valence-electron chi connectivity index (χ1n) is 9.87. The standard InChI is InChI=1S/C25H19NO3S/c1-2-21(27)29-16-13-11-15(12-14-16)25-22-23(17-7-3-4-8-18(17)24(22)28)26-19-9-5-6-10-20(19)30-25/h3-14,25-26H,2H2,1H3/t25-/m1/s1. The van der Waals surface area contributed by atoms with E-state index in [9.17, 15) is 9.59 Å². The van der Waals surface area contributed by atoms with E-state index in [1.807, 2.05) is 54.6 Å². The number of Topliss-reactive ketones (excluding diaryl/α,β-unsaturated/α-hetero) is 1. The number of rotatable bonds is 3. The molecule has 4 nitrogen and oxygen atoms in total. The average molecular weight is 413 g/mol. The van der Waals surface area contributed by atoms with Crippen LogP contribution in [0.15, 0.2) is 83.3 Å². The second kappa shape index (κ2) is 7.50. The van der Waals surface area contributed by atoms with E-state index in [0.29, 0.717) is 12.2 Å². The predicted molar refractivity (Wildman–Crippen MR) is 119 cm³/mol. The molecular formula is C25H19NO3S. The van der Waals surface area contributed by atoms with Gasteiger partial charge in [0.05, 0.1) is 16.6 Å². The molecule has 0 saturated carbocycles. The molecule has 2 aliphatic rings. The zero-order chi connectivity index (χ0) is 20.7. The predicted octanol–water partition coefficient (Wildman–Crippen LogP) is 5.87. The van der Waals surface area contributed by atoms with Crippen molar-refractivity contribution in [2.45, 2.75) is 23.5 Å². The number of nitrogens with one attached hydrogen (secondary N) is 1. The minimum absolute atomic E-state index is 0.0555. The molecule has 1 aliphatic carbocycles. The Morgan fingerprint density at radius 2 is 1.67 bits per heavy atom. The van der Waals surface area contributed by atoms with Gasteiger partial charge in [0.15, 0.2) is 5.78 Å². The number of esters is 1.